The van der Waals surface area contributed by atoms with Crippen molar-refractivity contribution >= 4 is 27.4 Å². The van der Waals surface area contributed by atoms with Crippen LogP contribution in [-0.4, -0.2) is 62.5 Å². The van der Waals surface area contributed by atoms with Crippen LogP contribution < -0.4 is 15.5 Å². The maximum absolute atomic E-state index is 13.9. The normalized spacial score (nSPS) is 22.2. The minimum absolute atomic E-state index is 0.124. The van der Waals surface area contributed by atoms with Crippen molar-refractivity contribution in [2.75, 3.05) is 37.0 Å². The maximum atomic E-state index is 13.9. The maximum Gasteiger partial charge on any atom is 0.318 e. The van der Waals surface area contributed by atoms with E-state index in [1.807, 2.05) is 18.2 Å². The molecule has 2 aliphatic carbocycles. The minimum Gasteiger partial charge on any atom is -0.377 e. The molecule has 3 fully saturated rings. The highest BCUT2D eigenvalue weighted by Gasteiger charge is 2.59. The standard InChI is InChI=1S/C26H35N5O4S/c1-18-17-35-15-14-31(18)23-16-22(26(12-13-26)36(33,34)21-6-4-3-5-7-21)29-24(30-23)19-8-10-20(11-9-19)28-25(32)27-2/h8-11,16,18,21H,3-7,12-15,17H2,1-2H3,(H2,27,28,32)/t18-/m0/s1. The Hall–Kier alpha value is -2.72. The Bertz CT molecular complexity index is 1210. The molecule has 194 valence electrons. The molecule has 2 N–H and O–H groups in total. The molecule has 2 heterocycles. The summed E-state index contributed by atoms with van der Waals surface area (Å²) in [5, 5.41) is 5.00. The van der Waals surface area contributed by atoms with Gasteiger partial charge in [-0.05, 0) is 56.9 Å². The van der Waals surface area contributed by atoms with E-state index in [0.29, 0.717) is 49.8 Å². The molecule has 36 heavy (non-hydrogen) atoms. The minimum atomic E-state index is -3.37. The summed E-state index contributed by atoms with van der Waals surface area (Å²) in [7, 11) is -1.81. The zero-order valence-corrected chi connectivity index (χ0v) is 21.8. The quantitative estimate of drug-likeness (QED) is 0.603. The summed E-state index contributed by atoms with van der Waals surface area (Å²) >= 11 is 0. The first-order chi connectivity index (χ1) is 17.3. The van der Waals surface area contributed by atoms with Gasteiger partial charge in [0.2, 0.25) is 0 Å². The number of hydrogen-bond donors (Lipinski definition) is 2. The van der Waals surface area contributed by atoms with Crippen molar-refractivity contribution in [2.24, 2.45) is 0 Å². The number of carbonyl (C=O) groups excluding carboxylic acids is 1. The molecule has 10 heteroatoms. The van der Waals surface area contributed by atoms with E-state index in [2.05, 4.69) is 22.5 Å². The predicted octanol–water partition coefficient (Wildman–Crippen LogP) is 3.86. The number of urea groups is 1. The molecule has 1 aromatic carbocycles. The third kappa shape index (κ3) is 4.68. The lowest BCUT2D eigenvalue weighted by molar-refractivity contribution is 0.0985. The van der Waals surface area contributed by atoms with Crippen LogP contribution in [0.15, 0.2) is 30.3 Å². The highest BCUT2D eigenvalue weighted by molar-refractivity contribution is 7.93. The molecule has 0 bridgehead atoms. The number of ether oxygens (including phenoxy) is 1. The molecule has 1 saturated heterocycles. The monoisotopic (exact) mass is 513 g/mol. The Labute approximate surface area is 213 Å². The molecule has 1 aliphatic heterocycles. The van der Waals surface area contributed by atoms with Gasteiger partial charge < -0.3 is 20.3 Å². The van der Waals surface area contributed by atoms with Crippen LogP contribution in [0.3, 0.4) is 0 Å². The molecule has 2 saturated carbocycles. The molecule has 0 radical (unpaired) electrons. The number of hydrogen-bond acceptors (Lipinski definition) is 7. The van der Waals surface area contributed by atoms with Crippen LogP contribution in [0.5, 0.6) is 0 Å². The summed E-state index contributed by atoms with van der Waals surface area (Å²) in [6.45, 7) is 3.98. The van der Waals surface area contributed by atoms with Crippen molar-refractivity contribution in [1.82, 2.24) is 15.3 Å². The van der Waals surface area contributed by atoms with E-state index in [-0.39, 0.29) is 17.3 Å². The smallest absolute Gasteiger partial charge is 0.318 e. The summed E-state index contributed by atoms with van der Waals surface area (Å²) in [5.41, 5.74) is 2.03. The average Bonchev–Trinajstić information content (AvgIpc) is 3.72. The van der Waals surface area contributed by atoms with Gasteiger partial charge in [-0.3, -0.25) is 0 Å². The fourth-order valence-electron chi connectivity index (χ4n) is 5.40. The number of morpholine rings is 1. The number of amides is 2. The fraction of sp³-hybridized carbons (Fsp3) is 0.577. The molecule has 2 aromatic rings. The Balaban J connectivity index is 1.55. The number of benzene rings is 1. The van der Waals surface area contributed by atoms with Crippen molar-refractivity contribution in [1.29, 1.82) is 0 Å². The Morgan fingerprint density at radius 3 is 2.47 bits per heavy atom. The number of aromatic nitrogens is 2. The Kier molecular flexibility index (Phi) is 6.91. The molecule has 2 amide bonds. The van der Waals surface area contributed by atoms with Gasteiger partial charge in [0.25, 0.3) is 0 Å². The molecule has 0 unspecified atom stereocenters. The van der Waals surface area contributed by atoms with Crippen LogP contribution in [0, 0.1) is 0 Å². The van der Waals surface area contributed by atoms with Crippen LogP contribution in [0.2, 0.25) is 0 Å². The molecule has 1 atom stereocenters. The Morgan fingerprint density at radius 1 is 1.11 bits per heavy atom. The summed E-state index contributed by atoms with van der Waals surface area (Å²) < 4.78 is 32.5. The van der Waals surface area contributed by atoms with Crippen LogP contribution in [0.1, 0.15) is 57.6 Å². The second-order valence-corrected chi connectivity index (χ2v) is 12.7. The van der Waals surface area contributed by atoms with Gasteiger partial charge in [0, 0.05) is 30.9 Å². The van der Waals surface area contributed by atoms with E-state index in [0.717, 1.165) is 43.5 Å². The van der Waals surface area contributed by atoms with E-state index in [9.17, 15) is 13.2 Å². The molecule has 9 nitrogen and oxygen atoms in total. The lowest BCUT2D eigenvalue weighted by atomic mass is 10.0. The summed E-state index contributed by atoms with van der Waals surface area (Å²) in [5.74, 6) is 1.24. The second kappa shape index (κ2) is 9.97. The second-order valence-electron chi connectivity index (χ2n) is 10.1. The van der Waals surface area contributed by atoms with E-state index >= 15 is 0 Å². The number of sulfone groups is 1. The predicted molar refractivity (Wildman–Crippen MR) is 140 cm³/mol. The van der Waals surface area contributed by atoms with E-state index < -0.39 is 14.6 Å². The first kappa shape index (κ1) is 25.0. The van der Waals surface area contributed by atoms with E-state index in [1.54, 1.807) is 19.2 Å². The number of nitrogens with one attached hydrogen (secondary N) is 2. The van der Waals surface area contributed by atoms with Gasteiger partial charge in [-0.1, -0.05) is 19.3 Å². The highest BCUT2D eigenvalue weighted by atomic mass is 32.2. The van der Waals surface area contributed by atoms with Crippen LogP contribution in [-0.2, 0) is 19.3 Å². The van der Waals surface area contributed by atoms with Crippen LogP contribution in [0.25, 0.3) is 11.4 Å². The van der Waals surface area contributed by atoms with E-state index in [4.69, 9.17) is 14.7 Å². The Morgan fingerprint density at radius 2 is 1.83 bits per heavy atom. The molecule has 3 aliphatic rings. The number of anilines is 2. The van der Waals surface area contributed by atoms with Gasteiger partial charge >= 0.3 is 6.03 Å². The van der Waals surface area contributed by atoms with Crippen LogP contribution >= 0.6 is 0 Å². The molecule has 5 rings (SSSR count). The van der Waals surface area contributed by atoms with Gasteiger partial charge in [0.15, 0.2) is 15.7 Å². The first-order valence-corrected chi connectivity index (χ1v) is 14.5. The zero-order valence-electron chi connectivity index (χ0n) is 21.0. The van der Waals surface area contributed by atoms with Crippen molar-refractivity contribution in [3.05, 3.63) is 36.0 Å². The first-order valence-electron chi connectivity index (χ1n) is 12.9. The topological polar surface area (TPSA) is 114 Å². The van der Waals surface area contributed by atoms with Gasteiger partial charge in [-0.2, -0.15) is 0 Å². The lowest BCUT2D eigenvalue weighted by Gasteiger charge is -2.35. The van der Waals surface area contributed by atoms with Gasteiger partial charge in [0.05, 0.1) is 30.2 Å². The van der Waals surface area contributed by atoms with Gasteiger partial charge in [-0.15, -0.1) is 0 Å². The van der Waals surface area contributed by atoms with Crippen molar-refractivity contribution < 1.29 is 17.9 Å². The van der Waals surface area contributed by atoms with Crippen molar-refractivity contribution in [3.8, 4) is 11.4 Å². The summed E-state index contributed by atoms with van der Waals surface area (Å²) in [4.78, 5) is 23.6. The highest BCUT2D eigenvalue weighted by Crippen LogP contribution is 2.55. The number of rotatable bonds is 6. The fourth-order valence-corrected chi connectivity index (χ4v) is 8.06. The lowest BCUT2D eigenvalue weighted by Crippen LogP contribution is -2.44. The number of nitrogens with zero attached hydrogens (tertiary/aromatic N) is 3. The van der Waals surface area contributed by atoms with Crippen molar-refractivity contribution in [2.45, 2.75) is 67.9 Å². The molecule has 1 aromatic heterocycles. The summed E-state index contributed by atoms with van der Waals surface area (Å²) in [6, 6.07) is 9.03. The largest absolute Gasteiger partial charge is 0.377 e. The average molecular weight is 514 g/mol. The van der Waals surface area contributed by atoms with Crippen LogP contribution in [0.4, 0.5) is 16.3 Å². The van der Waals surface area contributed by atoms with Gasteiger partial charge in [0.1, 0.15) is 10.6 Å². The molecular weight excluding hydrogens is 478 g/mol. The third-order valence-electron chi connectivity index (χ3n) is 7.71. The number of carbonyl (C=O) groups is 1. The molecular formula is C26H35N5O4S. The molecule has 0 spiro atoms. The third-order valence-corrected chi connectivity index (χ3v) is 10.8. The SMILES string of the molecule is CNC(=O)Nc1ccc(-c2nc(N3CCOC[C@@H]3C)cc(C3(S(=O)(=O)C4CCCCC4)CC3)n2)cc1. The van der Waals surface area contributed by atoms with E-state index in [1.165, 1.54) is 0 Å². The van der Waals surface area contributed by atoms with Crippen molar-refractivity contribution in [3.63, 3.8) is 0 Å². The summed E-state index contributed by atoms with van der Waals surface area (Å²) in [6.07, 6.45) is 5.76. The zero-order chi connectivity index (χ0) is 25.3. The van der Waals surface area contributed by atoms with Gasteiger partial charge in [-0.25, -0.2) is 23.2 Å².